The van der Waals surface area contributed by atoms with Gasteiger partial charge in [0, 0.05) is 44.9 Å². The molecule has 0 aliphatic carbocycles. The van der Waals surface area contributed by atoms with Crippen LogP contribution in [0.15, 0.2) is 46.3 Å². The maximum absolute atomic E-state index is 13.0. The van der Waals surface area contributed by atoms with Crippen LogP contribution in [-0.2, 0) is 26.5 Å². The second-order valence-electron chi connectivity index (χ2n) is 7.01. The van der Waals surface area contributed by atoms with Gasteiger partial charge in [0.05, 0.1) is 33.3 Å². The Bertz CT molecular complexity index is 1310. The Morgan fingerprint density at radius 3 is 2.27 bits per heavy atom. The van der Waals surface area contributed by atoms with Crippen molar-refractivity contribution in [1.82, 2.24) is 8.87 Å². The van der Waals surface area contributed by atoms with Gasteiger partial charge in [-0.25, -0.2) is 8.42 Å². The fraction of sp³-hybridized carbons (Fsp3) is 0.333. The summed E-state index contributed by atoms with van der Waals surface area (Å²) in [4.78, 5) is 17.5. The van der Waals surface area contributed by atoms with Crippen LogP contribution in [0.25, 0.3) is 10.2 Å². The smallest absolute Gasteiger partial charge is 0.279 e. The zero-order valence-electron chi connectivity index (χ0n) is 18.2. The first-order valence-electron chi connectivity index (χ1n) is 9.80. The molecule has 12 heteroatoms. The molecule has 0 bridgehead atoms. The monoisotopic (exact) mass is 531 g/mol. The van der Waals surface area contributed by atoms with Gasteiger partial charge in [0.25, 0.3) is 5.91 Å². The van der Waals surface area contributed by atoms with Crippen molar-refractivity contribution in [3.63, 3.8) is 0 Å². The number of ether oxygens (including phenoxy) is 2. The first kappa shape index (κ1) is 25.8. The number of aryl methyl sites for hydroxylation is 1. The van der Waals surface area contributed by atoms with Crippen molar-refractivity contribution in [2.24, 2.45) is 12.0 Å². The number of fused-ring (bicyclic) bond motifs is 1. The van der Waals surface area contributed by atoms with Crippen molar-refractivity contribution in [2.45, 2.75) is 4.90 Å². The second-order valence-corrected chi connectivity index (χ2v) is 10.8. The van der Waals surface area contributed by atoms with E-state index < -0.39 is 15.9 Å². The van der Waals surface area contributed by atoms with Crippen LogP contribution in [0.1, 0.15) is 10.4 Å². The minimum absolute atomic E-state index is 0.0695. The topological polar surface area (TPSA) is 90.2 Å². The summed E-state index contributed by atoms with van der Waals surface area (Å²) in [6.07, 6.45) is 0. The zero-order valence-corrected chi connectivity index (χ0v) is 21.4. The number of nitrogens with zero attached hydrogens (tertiary/aromatic N) is 3. The molecule has 1 aromatic heterocycles. The van der Waals surface area contributed by atoms with E-state index in [9.17, 15) is 13.2 Å². The van der Waals surface area contributed by atoms with E-state index >= 15 is 0 Å². The molecular weight excluding hydrogens is 509 g/mol. The van der Waals surface area contributed by atoms with Crippen LogP contribution < -0.4 is 4.80 Å². The van der Waals surface area contributed by atoms with E-state index in [1.165, 1.54) is 54.1 Å². The third-order valence-electron chi connectivity index (χ3n) is 4.84. The number of carbonyl (C=O) groups excluding carboxylic acids is 1. The number of hydrogen-bond acceptors (Lipinski definition) is 6. The molecule has 8 nitrogen and oxygen atoms in total. The summed E-state index contributed by atoms with van der Waals surface area (Å²) in [5.74, 6) is -0.501. The molecule has 0 spiro atoms. The summed E-state index contributed by atoms with van der Waals surface area (Å²) in [7, 11) is 0.990. The maximum Gasteiger partial charge on any atom is 0.279 e. The number of hydrogen-bond donors (Lipinski definition) is 0. The highest BCUT2D eigenvalue weighted by atomic mass is 35.5. The molecule has 178 valence electrons. The van der Waals surface area contributed by atoms with E-state index in [1.54, 1.807) is 23.7 Å². The predicted molar refractivity (Wildman–Crippen MR) is 130 cm³/mol. The van der Waals surface area contributed by atoms with Crippen molar-refractivity contribution in [1.29, 1.82) is 0 Å². The summed E-state index contributed by atoms with van der Waals surface area (Å²) in [5.41, 5.74) is 0.988. The fourth-order valence-corrected chi connectivity index (χ4v) is 6.35. The van der Waals surface area contributed by atoms with Crippen molar-refractivity contribution in [2.75, 3.05) is 40.5 Å². The van der Waals surface area contributed by atoms with Gasteiger partial charge in [-0.1, -0.05) is 34.5 Å². The highest BCUT2D eigenvalue weighted by Crippen LogP contribution is 2.29. The molecule has 33 heavy (non-hydrogen) atoms. The molecule has 0 radical (unpaired) electrons. The molecule has 1 heterocycles. The molecule has 0 fully saturated rings. The molecule has 3 rings (SSSR count). The maximum atomic E-state index is 13.0. The Morgan fingerprint density at radius 2 is 1.70 bits per heavy atom. The Kier molecular flexibility index (Phi) is 8.68. The van der Waals surface area contributed by atoms with Gasteiger partial charge in [0.2, 0.25) is 10.0 Å². The van der Waals surface area contributed by atoms with Crippen LogP contribution in [0.4, 0.5) is 0 Å². The minimum Gasteiger partial charge on any atom is -0.383 e. The van der Waals surface area contributed by atoms with Gasteiger partial charge in [-0.15, -0.1) is 0 Å². The van der Waals surface area contributed by atoms with Crippen LogP contribution in [0.5, 0.6) is 0 Å². The predicted octanol–water partition coefficient (Wildman–Crippen LogP) is 3.57. The molecule has 0 unspecified atom stereocenters. The van der Waals surface area contributed by atoms with Gasteiger partial charge >= 0.3 is 0 Å². The summed E-state index contributed by atoms with van der Waals surface area (Å²) < 4.78 is 39.8. The first-order chi connectivity index (χ1) is 15.7. The number of aromatic nitrogens is 1. The number of sulfonamides is 1. The highest BCUT2D eigenvalue weighted by Gasteiger charge is 2.24. The molecule has 2 aromatic carbocycles. The van der Waals surface area contributed by atoms with Crippen molar-refractivity contribution in [3.8, 4) is 0 Å². The quantitative estimate of drug-likeness (QED) is 0.421. The fourth-order valence-electron chi connectivity index (χ4n) is 3.11. The third-order valence-corrected chi connectivity index (χ3v) is 8.34. The average Bonchev–Trinajstić information content (AvgIpc) is 3.08. The van der Waals surface area contributed by atoms with Crippen LogP contribution in [0.3, 0.4) is 0 Å². The van der Waals surface area contributed by atoms with E-state index in [0.717, 1.165) is 10.2 Å². The van der Waals surface area contributed by atoms with Crippen LogP contribution >= 0.6 is 34.5 Å². The van der Waals surface area contributed by atoms with E-state index in [2.05, 4.69) is 4.99 Å². The van der Waals surface area contributed by atoms with E-state index in [-0.39, 0.29) is 36.8 Å². The number of benzene rings is 2. The number of rotatable bonds is 9. The number of halogens is 2. The van der Waals surface area contributed by atoms with Crippen LogP contribution in [-0.4, -0.2) is 63.7 Å². The average molecular weight is 532 g/mol. The lowest BCUT2D eigenvalue weighted by Gasteiger charge is -2.21. The van der Waals surface area contributed by atoms with Gasteiger partial charge in [0.1, 0.15) is 0 Å². The van der Waals surface area contributed by atoms with Gasteiger partial charge in [0.15, 0.2) is 4.80 Å². The Hall–Kier alpha value is -1.79. The minimum atomic E-state index is -3.78. The standard InChI is InChI=1S/C21H23Cl2N3O5S2/c1-25-19-17(23)12-15(22)13-18(19)32-21(25)24-20(27)14-4-6-16(7-5-14)33(28,29)26(8-10-30-2)9-11-31-3/h4-7,12-13H,8-11H2,1-3H3. The molecule has 0 saturated carbocycles. The summed E-state index contributed by atoms with van der Waals surface area (Å²) in [6.45, 7) is 0.875. The first-order valence-corrected chi connectivity index (χ1v) is 12.8. The summed E-state index contributed by atoms with van der Waals surface area (Å²) in [5, 5.41) is 0.959. The number of amides is 1. The Labute approximate surface area is 206 Å². The summed E-state index contributed by atoms with van der Waals surface area (Å²) >= 11 is 13.6. The van der Waals surface area contributed by atoms with Crippen LogP contribution in [0, 0.1) is 0 Å². The Balaban J connectivity index is 1.89. The number of thiazole rings is 1. The zero-order chi connectivity index (χ0) is 24.2. The lowest BCUT2D eigenvalue weighted by molar-refractivity contribution is 0.0998. The lowest BCUT2D eigenvalue weighted by atomic mass is 10.2. The molecule has 0 N–H and O–H groups in total. The molecule has 0 aliphatic rings. The molecule has 1 amide bonds. The lowest BCUT2D eigenvalue weighted by Crippen LogP contribution is -2.36. The third kappa shape index (κ3) is 5.83. The van der Waals surface area contributed by atoms with Crippen molar-refractivity contribution >= 4 is 60.7 Å². The van der Waals surface area contributed by atoms with E-state index in [0.29, 0.717) is 14.8 Å². The SMILES string of the molecule is COCCN(CCOC)S(=O)(=O)c1ccc(C(=O)N=c2sc3cc(Cl)cc(Cl)c3n2C)cc1. The molecule has 3 aromatic rings. The highest BCUT2D eigenvalue weighted by molar-refractivity contribution is 7.89. The van der Waals surface area contributed by atoms with Crippen molar-refractivity contribution < 1.29 is 22.7 Å². The van der Waals surface area contributed by atoms with Gasteiger partial charge < -0.3 is 14.0 Å². The van der Waals surface area contributed by atoms with Gasteiger partial charge in [-0.3, -0.25) is 4.79 Å². The summed E-state index contributed by atoms with van der Waals surface area (Å²) in [6, 6.07) is 9.07. The largest absolute Gasteiger partial charge is 0.383 e. The number of carbonyl (C=O) groups is 1. The molecule has 0 aliphatic heterocycles. The number of methoxy groups -OCH3 is 2. The van der Waals surface area contributed by atoms with Crippen molar-refractivity contribution in [3.05, 3.63) is 56.8 Å². The van der Waals surface area contributed by atoms with Crippen LogP contribution in [0.2, 0.25) is 10.0 Å². The molecule has 0 atom stereocenters. The van der Waals surface area contributed by atoms with E-state index in [4.69, 9.17) is 32.7 Å². The molecular formula is C21H23Cl2N3O5S2. The molecule has 0 saturated heterocycles. The normalized spacial score (nSPS) is 12.7. The Morgan fingerprint density at radius 1 is 1.09 bits per heavy atom. The van der Waals surface area contributed by atoms with Gasteiger partial charge in [-0.2, -0.15) is 9.30 Å². The van der Waals surface area contributed by atoms with E-state index in [1.807, 2.05) is 0 Å². The van der Waals surface area contributed by atoms with Gasteiger partial charge in [-0.05, 0) is 36.4 Å². The second kappa shape index (κ2) is 11.1.